The molecule has 5 heteroatoms. The van der Waals surface area contributed by atoms with E-state index in [0.29, 0.717) is 5.92 Å². The van der Waals surface area contributed by atoms with E-state index in [2.05, 4.69) is 5.32 Å². The summed E-state index contributed by atoms with van der Waals surface area (Å²) in [6.45, 7) is 9.82. The second-order valence-electron chi connectivity index (χ2n) is 7.59. The number of carbonyl (C=O) groups is 1. The molecular formula is C19H30N2O3. The number of rotatable bonds is 4. The molecule has 1 saturated heterocycles. The molecule has 1 amide bonds. The van der Waals surface area contributed by atoms with Crippen LogP contribution in [0, 0.1) is 5.92 Å². The molecule has 1 aliphatic heterocycles. The highest BCUT2D eigenvalue weighted by molar-refractivity contribution is 5.68. The van der Waals surface area contributed by atoms with E-state index in [1.807, 2.05) is 45.0 Å². The van der Waals surface area contributed by atoms with Crippen LogP contribution in [-0.2, 0) is 4.74 Å². The number of anilines is 1. The third kappa shape index (κ3) is 5.71. The summed E-state index contributed by atoms with van der Waals surface area (Å²) in [4.78, 5) is 13.9. The molecule has 1 aliphatic rings. The fraction of sp³-hybridized carbons (Fsp3) is 0.632. The van der Waals surface area contributed by atoms with E-state index >= 15 is 0 Å². The number of ether oxygens (including phenoxy) is 1. The summed E-state index contributed by atoms with van der Waals surface area (Å²) in [5.41, 5.74) is 1.51. The first-order chi connectivity index (χ1) is 11.2. The summed E-state index contributed by atoms with van der Waals surface area (Å²) >= 11 is 0. The van der Waals surface area contributed by atoms with Crippen molar-refractivity contribution in [2.75, 3.05) is 25.0 Å². The van der Waals surface area contributed by atoms with Gasteiger partial charge < -0.3 is 20.1 Å². The number of nitrogens with one attached hydrogen (secondary N) is 1. The number of amides is 1. The van der Waals surface area contributed by atoms with Crippen molar-refractivity contribution in [1.82, 2.24) is 4.90 Å². The van der Waals surface area contributed by atoms with Crippen LogP contribution in [0.15, 0.2) is 24.3 Å². The van der Waals surface area contributed by atoms with E-state index in [9.17, 15) is 9.90 Å². The first-order valence-electron chi connectivity index (χ1n) is 8.74. The Morgan fingerprint density at radius 1 is 1.38 bits per heavy atom. The fourth-order valence-corrected chi connectivity index (χ4v) is 2.82. The molecule has 1 atom stereocenters. The van der Waals surface area contributed by atoms with Crippen LogP contribution in [0.4, 0.5) is 10.5 Å². The Bertz CT molecular complexity index is 544. The van der Waals surface area contributed by atoms with Gasteiger partial charge in [0.1, 0.15) is 5.60 Å². The van der Waals surface area contributed by atoms with Crippen LogP contribution in [0.3, 0.4) is 0 Å². The lowest BCUT2D eigenvalue weighted by Crippen LogP contribution is -2.42. The zero-order chi connectivity index (χ0) is 17.7. The average Bonchev–Trinajstić information content (AvgIpc) is 2.52. The van der Waals surface area contributed by atoms with E-state index in [0.717, 1.165) is 43.7 Å². The molecule has 2 N–H and O–H groups in total. The molecule has 24 heavy (non-hydrogen) atoms. The van der Waals surface area contributed by atoms with E-state index < -0.39 is 11.7 Å². The van der Waals surface area contributed by atoms with Gasteiger partial charge in [-0.25, -0.2) is 4.79 Å². The van der Waals surface area contributed by atoms with Crippen molar-refractivity contribution >= 4 is 11.8 Å². The second kappa shape index (κ2) is 7.88. The number of carbonyl (C=O) groups excluding carboxylic acids is 1. The molecule has 0 aromatic heterocycles. The zero-order valence-electron chi connectivity index (χ0n) is 15.2. The molecule has 1 fully saturated rings. The molecule has 0 spiro atoms. The molecule has 1 unspecified atom stereocenters. The van der Waals surface area contributed by atoms with Crippen LogP contribution in [0.1, 0.15) is 52.2 Å². The molecule has 1 aromatic carbocycles. The molecule has 1 aromatic rings. The maximum Gasteiger partial charge on any atom is 0.410 e. The molecule has 0 aliphatic carbocycles. The minimum Gasteiger partial charge on any atom is -0.444 e. The summed E-state index contributed by atoms with van der Waals surface area (Å²) in [5, 5.41) is 13.1. The first kappa shape index (κ1) is 18.6. The highest BCUT2D eigenvalue weighted by atomic mass is 16.6. The molecule has 2 rings (SSSR count). The Labute approximate surface area is 145 Å². The number of likely N-dealkylation sites (tertiary alicyclic amines) is 1. The van der Waals surface area contributed by atoms with Crippen molar-refractivity contribution in [2.45, 2.75) is 52.2 Å². The van der Waals surface area contributed by atoms with E-state index in [4.69, 9.17) is 4.74 Å². The van der Waals surface area contributed by atoms with Gasteiger partial charge in [-0.3, -0.25) is 0 Å². The standard InChI is InChI=1S/C19H30N2O3/c1-14(22)16-6-5-7-17(12-16)20-13-15-8-10-21(11-9-15)18(23)24-19(2,3)4/h5-7,12,14-15,20,22H,8-11,13H2,1-4H3. The van der Waals surface area contributed by atoms with Crippen molar-refractivity contribution in [1.29, 1.82) is 0 Å². The molecule has 0 saturated carbocycles. The largest absolute Gasteiger partial charge is 0.444 e. The van der Waals surface area contributed by atoms with E-state index in [1.54, 1.807) is 11.8 Å². The Morgan fingerprint density at radius 2 is 2.04 bits per heavy atom. The SMILES string of the molecule is CC(O)c1cccc(NCC2CCN(C(=O)OC(C)(C)C)CC2)c1. The summed E-state index contributed by atoms with van der Waals surface area (Å²) in [6, 6.07) is 7.88. The Morgan fingerprint density at radius 3 is 2.62 bits per heavy atom. The maximum atomic E-state index is 12.1. The minimum atomic E-state index is -0.455. The summed E-state index contributed by atoms with van der Waals surface area (Å²) < 4.78 is 5.42. The van der Waals surface area contributed by atoms with Gasteiger partial charge in [0.15, 0.2) is 0 Å². The number of piperidine rings is 1. The first-order valence-corrected chi connectivity index (χ1v) is 8.74. The summed E-state index contributed by atoms with van der Waals surface area (Å²) in [7, 11) is 0. The van der Waals surface area contributed by atoms with Crippen LogP contribution in [0.5, 0.6) is 0 Å². The highest BCUT2D eigenvalue weighted by Crippen LogP contribution is 2.22. The topological polar surface area (TPSA) is 61.8 Å². The smallest absolute Gasteiger partial charge is 0.410 e. The molecule has 0 bridgehead atoms. The van der Waals surface area contributed by atoms with Crippen molar-refractivity contribution in [3.05, 3.63) is 29.8 Å². The van der Waals surface area contributed by atoms with E-state index in [-0.39, 0.29) is 6.09 Å². The maximum absolute atomic E-state index is 12.1. The third-order valence-corrected chi connectivity index (χ3v) is 4.23. The number of benzene rings is 1. The second-order valence-corrected chi connectivity index (χ2v) is 7.59. The number of hydrogen-bond acceptors (Lipinski definition) is 4. The van der Waals surface area contributed by atoms with Gasteiger partial charge in [0.25, 0.3) is 0 Å². The Kier molecular flexibility index (Phi) is 6.10. The van der Waals surface area contributed by atoms with E-state index in [1.165, 1.54) is 0 Å². The molecular weight excluding hydrogens is 304 g/mol. The number of hydrogen-bond donors (Lipinski definition) is 2. The van der Waals surface area contributed by atoms with Crippen LogP contribution >= 0.6 is 0 Å². The Hall–Kier alpha value is -1.75. The van der Waals surface area contributed by atoms with Crippen LogP contribution < -0.4 is 5.32 Å². The summed E-state index contributed by atoms with van der Waals surface area (Å²) in [6.07, 6.45) is 1.28. The van der Waals surface area contributed by atoms with Gasteiger partial charge >= 0.3 is 6.09 Å². The zero-order valence-corrected chi connectivity index (χ0v) is 15.2. The van der Waals surface area contributed by atoms with Crippen molar-refractivity contribution in [3.8, 4) is 0 Å². The van der Waals surface area contributed by atoms with Crippen molar-refractivity contribution in [3.63, 3.8) is 0 Å². The van der Waals surface area contributed by atoms with Gasteiger partial charge in [-0.05, 0) is 64.2 Å². The van der Waals surface area contributed by atoms with Crippen molar-refractivity contribution in [2.24, 2.45) is 5.92 Å². The number of aliphatic hydroxyl groups is 1. The quantitative estimate of drug-likeness (QED) is 0.879. The number of aliphatic hydroxyl groups excluding tert-OH is 1. The molecule has 0 radical (unpaired) electrons. The number of nitrogens with zero attached hydrogens (tertiary/aromatic N) is 1. The highest BCUT2D eigenvalue weighted by Gasteiger charge is 2.26. The Balaban J connectivity index is 1.77. The normalized spacial score (nSPS) is 17.5. The van der Waals surface area contributed by atoms with Gasteiger partial charge in [0.05, 0.1) is 6.10 Å². The molecule has 5 nitrogen and oxygen atoms in total. The van der Waals surface area contributed by atoms with Gasteiger partial charge in [0.2, 0.25) is 0 Å². The van der Waals surface area contributed by atoms with Crippen LogP contribution in [-0.4, -0.2) is 41.3 Å². The van der Waals surface area contributed by atoms with Gasteiger partial charge in [-0.1, -0.05) is 12.1 Å². The van der Waals surface area contributed by atoms with Gasteiger partial charge in [-0.2, -0.15) is 0 Å². The van der Waals surface area contributed by atoms with Gasteiger partial charge in [-0.15, -0.1) is 0 Å². The average molecular weight is 334 g/mol. The third-order valence-electron chi connectivity index (χ3n) is 4.23. The van der Waals surface area contributed by atoms with Gasteiger partial charge in [0, 0.05) is 25.3 Å². The van der Waals surface area contributed by atoms with Crippen LogP contribution in [0.25, 0.3) is 0 Å². The summed E-state index contributed by atoms with van der Waals surface area (Å²) in [5.74, 6) is 0.541. The predicted molar refractivity (Wildman–Crippen MR) is 96.1 cm³/mol. The minimum absolute atomic E-state index is 0.210. The molecule has 1 heterocycles. The lowest BCUT2D eigenvalue weighted by atomic mass is 9.97. The van der Waals surface area contributed by atoms with Crippen molar-refractivity contribution < 1.29 is 14.6 Å². The van der Waals surface area contributed by atoms with Crippen LogP contribution in [0.2, 0.25) is 0 Å². The monoisotopic (exact) mass is 334 g/mol. The lowest BCUT2D eigenvalue weighted by Gasteiger charge is -2.33. The molecule has 134 valence electrons. The fourth-order valence-electron chi connectivity index (χ4n) is 2.82. The predicted octanol–water partition coefficient (Wildman–Crippen LogP) is 3.80. The lowest BCUT2D eigenvalue weighted by molar-refractivity contribution is 0.0188.